The number of rotatable bonds is 51. The van der Waals surface area contributed by atoms with Gasteiger partial charge in [0.1, 0.15) is 35.6 Å². The number of ketones is 1. The summed E-state index contributed by atoms with van der Waals surface area (Å²) in [7, 11) is 1.54. The summed E-state index contributed by atoms with van der Waals surface area (Å²) in [5, 5.41) is 77.9. The molecule has 0 bridgehead atoms. The second-order valence-corrected chi connectivity index (χ2v) is 17.3. The molecule has 12 N–H and O–H groups in total. The van der Waals surface area contributed by atoms with Crippen LogP contribution in [0.25, 0.3) is 0 Å². The Hall–Kier alpha value is -3.73. The number of carbonyl (C=O) groups excluding carboxylic acids is 5. The summed E-state index contributed by atoms with van der Waals surface area (Å²) in [5.41, 5.74) is -1.43. The molecule has 468 valence electrons. The van der Waals surface area contributed by atoms with Crippen molar-refractivity contribution in [1.29, 1.82) is 0 Å². The Morgan fingerprint density at radius 1 is 0.519 bits per heavy atom. The van der Waals surface area contributed by atoms with Gasteiger partial charge in [-0.1, -0.05) is 20.1 Å². The highest BCUT2D eigenvalue weighted by molar-refractivity contribution is 6.02. The Morgan fingerprint density at radius 2 is 0.975 bits per heavy atom. The van der Waals surface area contributed by atoms with E-state index < -0.39 is 72.9 Å². The SMILES string of the molecule is C=CC(=O)OCCC(O)OCC(O)COCC(O)COCCCOC(=O)CCC.C=CC(O)OCCC(O)OCC(O)COCC(O)COCCCOC(=O)CCOC(O)CCC(CCC(C)OC)(C(C)=O)C(=O)OCC.O.O. The minimum atomic E-state index is -1.43. The van der Waals surface area contributed by atoms with Crippen LogP contribution in [0.3, 0.4) is 0 Å². The molecule has 79 heavy (non-hydrogen) atoms. The van der Waals surface area contributed by atoms with Gasteiger partial charge in [0.15, 0.2) is 25.2 Å². The molecule has 0 fully saturated rings. The van der Waals surface area contributed by atoms with Gasteiger partial charge in [0, 0.05) is 58.5 Å². The second-order valence-electron chi connectivity index (χ2n) is 17.3. The van der Waals surface area contributed by atoms with Gasteiger partial charge >= 0.3 is 23.9 Å². The van der Waals surface area contributed by atoms with Crippen molar-refractivity contribution in [2.75, 3.05) is 113 Å². The summed E-state index contributed by atoms with van der Waals surface area (Å²) < 4.78 is 66.4. The zero-order chi connectivity index (χ0) is 58.3. The number of esters is 4. The minimum absolute atomic E-state index is 0. The fraction of sp³-hybridized carbons (Fsp3) is 0.824. The maximum Gasteiger partial charge on any atom is 0.330 e. The topological polar surface area (TPSA) is 430 Å². The molecule has 0 aromatic rings. The Morgan fingerprint density at radius 3 is 1.43 bits per heavy atom. The first-order valence-corrected chi connectivity index (χ1v) is 25.9. The predicted octanol–water partition coefficient (Wildman–Crippen LogP) is -1.34. The molecule has 10 unspecified atom stereocenters. The number of aliphatic hydroxyl groups is 8. The van der Waals surface area contributed by atoms with Crippen LogP contribution in [0.15, 0.2) is 25.3 Å². The summed E-state index contributed by atoms with van der Waals surface area (Å²) in [6.45, 7) is 13.4. The molecule has 0 aromatic heterocycles. The third kappa shape index (κ3) is 47.6. The molecular formula is C51H96O28. The summed E-state index contributed by atoms with van der Waals surface area (Å²) in [6.07, 6.45) is -4.01. The number of hydrogen-bond acceptors (Lipinski definition) is 26. The number of hydrogen-bond donors (Lipinski definition) is 8. The Labute approximate surface area is 463 Å². The molecular weight excluding hydrogens is 1060 g/mol. The predicted molar refractivity (Wildman–Crippen MR) is 278 cm³/mol. The van der Waals surface area contributed by atoms with E-state index in [1.807, 2.05) is 13.8 Å². The Kier molecular flexibility index (Phi) is 55.4. The van der Waals surface area contributed by atoms with Gasteiger partial charge in [-0.3, -0.25) is 19.2 Å². The van der Waals surface area contributed by atoms with Crippen LogP contribution in [0.1, 0.15) is 98.3 Å². The number of carbonyl (C=O) groups is 5. The maximum absolute atomic E-state index is 12.7. The number of aliphatic hydroxyl groups excluding tert-OH is 8. The first-order valence-electron chi connectivity index (χ1n) is 25.9. The maximum atomic E-state index is 12.7. The molecule has 0 radical (unpaired) electrons. The van der Waals surface area contributed by atoms with Crippen LogP contribution in [0.5, 0.6) is 0 Å². The van der Waals surface area contributed by atoms with Crippen molar-refractivity contribution in [2.45, 2.75) is 154 Å². The third-order valence-electron chi connectivity index (χ3n) is 10.5. The molecule has 10 atom stereocenters. The van der Waals surface area contributed by atoms with Crippen molar-refractivity contribution < 1.29 is 137 Å². The van der Waals surface area contributed by atoms with Gasteiger partial charge in [0.2, 0.25) is 0 Å². The number of methoxy groups -OCH3 is 1. The number of Topliss-reactive ketones (excluding diaryl/α,β-unsaturated/α-hetero) is 1. The van der Waals surface area contributed by atoms with E-state index >= 15 is 0 Å². The van der Waals surface area contributed by atoms with E-state index in [-0.39, 0.29) is 166 Å². The third-order valence-corrected chi connectivity index (χ3v) is 10.5. The summed E-state index contributed by atoms with van der Waals surface area (Å²) >= 11 is 0. The fourth-order valence-corrected chi connectivity index (χ4v) is 6.03. The van der Waals surface area contributed by atoms with Gasteiger partial charge < -0.3 is 113 Å². The lowest BCUT2D eigenvalue weighted by Crippen LogP contribution is -2.41. The van der Waals surface area contributed by atoms with Crippen LogP contribution in [0.2, 0.25) is 0 Å². The Bertz CT molecular complexity index is 1530. The van der Waals surface area contributed by atoms with Gasteiger partial charge in [-0.05, 0) is 59.0 Å². The van der Waals surface area contributed by atoms with Crippen LogP contribution < -0.4 is 0 Å². The largest absolute Gasteiger partial charge is 0.466 e. The second kappa shape index (κ2) is 53.6. The van der Waals surface area contributed by atoms with Crippen LogP contribution in [-0.2, 0) is 85.6 Å². The van der Waals surface area contributed by atoms with E-state index in [2.05, 4.69) is 17.9 Å². The highest BCUT2D eigenvalue weighted by atomic mass is 16.6. The molecule has 0 aromatic carbocycles. The van der Waals surface area contributed by atoms with Gasteiger partial charge in [-0.2, -0.15) is 0 Å². The van der Waals surface area contributed by atoms with Gasteiger partial charge in [-0.15, -0.1) is 0 Å². The molecule has 28 heteroatoms. The van der Waals surface area contributed by atoms with Crippen LogP contribution in [0.4, 0.5) is 0 Å². The van der Waals surface area contributed by atoms with E-state index in [1.54, 1.807) is 6.92 Å². The van der Waals surface area contributed by atoms with Crippen molar-refractivity contribution in [2.24, 2.45) is 5.41 Å². The van der Waals surface area contributed by atoms with E-state index in [4.69, 9.17) is 56.8 Å². The zero-order valence-electron chi connectivity index (χ0n) is 46.8. The molecule has 0 aliphatic heterocycles. The van der Waals surface area contributed by atoms with Crippen LogP contribution >= 0.6 is 0 Å². The van der Waals surface area contributed by atoms with E-state index in [0.717, 1.165) is 12.5 Å². The number of ether oxygens (including phenoxy) is 13. The molecule has 0 amide bonds. The van der Waals surface area contributed by atoms with Crippen LogP contribution in [-0.4, -0.2) is 250 Å². The molecule has 0 saturated carbocycles. The average Bonchev–Trinajstić information content (AvgIpc) is 3.39. The Balaban J connectivity index is -0.000000779. The molecule has 0 aliphatic carbocycles. The summed E-state index contributed by atoms with van der Waals surface area (Å²) in [4.78, 5) is 59.3. The van der Waals surface area contributed by atoms with Crippen molar-refractivity contribution in [3.63, 3.8) is 0 Å². The van der Waals surface area contributed by atoms with Crippen molar-refractivity contribution in [1.82, 2.24) is 0 Å². The van der Waals surface area contributed by atoms with Crippen LogP contribution in [0, 0.1) is 5.41 Å². The first kappa shape index (κ1) is 81.7. The lowest BCUT2D eigenvalue weighted by molar-refractivity contribution is -0.164. The van der Waals surface area contributed by atoms with Crippen molar-refractivity contribution >= 4 is 29.7 Å². The molecule has 0 aliphatic rings. The normalized spacial score (nSPS) is 15.3. The standard InChI is InChI=1S/C32H58O16.C19H34O10.2H2O/c1-6-27(36)46-17-12-30(39)48-22-26(35)21-43-20-25(34)19-42-15-8-16-45-29(38)11-18-47-28(37)10-14-32(24(4)33,31(40)44-7-2)13-9-23(3)41-5;1-3-6-18(23)27-9-5-8-25-11-15(20)12-26-13-16(21)14-29-19(24)7-10-28-17(22)4-2;;/h6,23,25-28,30,34-37,39H,1,7-22H2,2-5H3;4,15-16,19-21,24H,2-3,5-14H2,1H3;2*1H2. The van der Waals surface area contributed by atoms with Gasteiger partial charge in [0.25, 0.3) is 0 Å². The quantitative estimate of drug-likeness (QED) is 0.00664. The highest BCUT2D eigenvalue weighted by Gasteiger charge is 2.44. The van der Waals surface area contributed by atoms with E-state index in [9.17, 15) is 64.8 Å². The zero-order valence-corrected chi connectivity index (χ0v) is 46.8. The van der Waals surface area contributed by atoms with Crippen molar-refractivity contribution in [3.8, 4) is 0 Å². The first-order chi connectivity index (χ1) is 36.7. The van der Waals surface area contributed by atoms with Crippen molar-refractivity contribution in [3.05, 3.63) is 25.3 Å². The van der Waals surface area contributed by atoms with E-state index in [0.29, 0.717) is 32.3 Å². The fourth-order valence-electron chi connectivity index (χ4n) is 6.03. The summed E-state index contributed by atoms with van der Waals surface area (Å²) in [5.74, 6) is -2.39. The minimum Gasteiger partial charge on any atom is -0.466 e. The molecule has 0 heterocycles. The summed E-state index contributed by atoms with van der Waals surface area (Å²) in [6, 6.07) is 0. The molecule has 0 spiro atoms. The van der Waals surface area contributed by atoms with Gasteiger partial charge in [-0.25, -0.2) is 4.79 Å². The van der Waals surface area contributed by atoms with E-state index in [1.165, 1.54) is 20.1 Å². The smallest absolute Gasteiger partial charge is 0.330 e. The molecule has 0 saturated heterocycles. The lowest BCUT2D eigenvalue weighted by Gasteiger charge is -2.30. The molecule has 28 nitrogen and oxygen atoms in total. The highest BCUT2D eigenvalue weighted by Crippen LogP contribution is 2.34. The molecule has 0 rings (SSSR count). The monoisotopic (exact) mass is 1160 g/mol. The lowest BCUT2D eigenvalue weighted by atomic mass is 9.75. The average molecular weight is 1160 g/mol. The van der Waals surface area contributed by atoms with Gasteiger partial charge in [0.05, 0.1) is 105 Å².